The maximum Gasteiger partial charge on any atom is 0.328 e. The molecule has 4 heteroatoms. The first-order valence-corrected chi connectivity index (χ1v) is 4.28. The summed E-state index contributed by atoms with van der Waals surface area (Å²) in [6, 6.07) is 0. The van der Waals surface area contributed by atoms with Gasteiger partial charge in [-0.2, -0.15) is 0 Å². The summed E-state index contributed by atoms with van der Waals surface area (Å²) in [7, 11) is 0. The van der Waals surface area contributed by atoms with Gasteiger partial charge >= 0.3 is 5.97 Å². The summed E-state index contributed by atoms with van der Waals surface area (Å²) in [6.07, 6.45) is 1.18. The Morgan fingerprint density at radius 1 is 1.62 bits per heavy atom. The monoisotopic (exact) mass is 187 g/mol. The van der Waals surface area contributed by atoms with Crippen LogP contribution in [-0.2, 0) is 4.79 Å². The zero-order valence-electron chi connectivity index (χ0n) is 8.08. The van der Waals surface area contributed by atoms with Crippen LogP contribution < -0.4 is 5.32 Å². The highest BCUT2D eigenvalue weighted by atomic mass is 16.4. The van der Waals surface area contributed by atoms with Gasteiger partial charge in [-0.05, 0) is 12.8 Å². The van der Waals surface area contributed by atoms with Gasteiger partial charge in [0.25, 0.3) is 0 Å². The van der Waals surface area contributed by atoms with Gasteiger partial charge in [0.15, 0.2) is 0 Å². The van der Waals surface area contributed by atoms with E-state index in [1.807, 2.05) is 6.92 Å². The zero-order chi connectivity index (χ0) is 10.3. The van der Waals surface area contributed by atoms with E-state index < -0.39 is 5.97 Å². The molecule has 0 amide bonds. The van der Waals surface area contributed by atoms with Gasteiger partial charge in [-0.3, -0.25) is 0 Å². The summed E-state index contributed by atoms with van der Waals surface area (Å²) in [5.74, 6) is -0.716. The van der Waals surface area contributed by atoms with Crippen LogP contribution in [0.1, 0.15) is 13.8 Å². The highest BCUT2D eigenvalue weighted by Gasteiger charge is 1.99. The summed E-state index contributed by atoms with van der Waals surface area (Å²) in [4.78, 5) is 10.2. The molecule has 1 unspecified atom stereocenters. The molecule has 1 atom stereocenters. The molecule has 0 aliphatic rings. The van der Waals surface area contributed by atoms with Crippen molar-refractivity contribution >= 4 is 5.97 Å². The topological polar surface area (TPSA) is 69.6 Å². The molecule has 0 aromatic carbocycles. The van der Waals surface area contributed by atoms with Crippen LogP contribution in [0, 0.1) is 5.92 Å². The number of aliphatic carboxylic acids is 1. The first-order valence-electron chi connectivity index (χ1n) is 4.28. The molecule has 0 aromatic heterocycles. The van der Waals surface area contributed by atoms with Crippen molar-refractivity contribution < 1.29 is 15.0 Å². The van der Waals surface area contributed by atoms with E-state index in [9.17, 15) is 4.79 Å². The lowest BCUT2D eigenvalue weighted by molar-refractivity contribution is -0.131. The second-order valence-corrected chi connectivity index (χ2v) is 3.25. The fourth-order valence-electron chi connectivity index (χ4n) is 0.842. The quantitative estimate of drug-likeness (QED) is 0.521. The maximum absolute atomic E-state index is 10.2. The number of aliphatic hydroxyl groups is 1. The second-order valence-electron chi connectivity index (χ2n) is 3.25. The SMILES string of the molecule is CC(=CC(=O)O)CNCC(C)CO. The van der Waals surface area contributed by atoms with E-state index in [0.717, 1.165) is 5.57 Å². The maximum atomic E-state index is 10.2. The van der Waals surface area contributed by atoms with Gasteiger partial charge < -0.3 is 15.5 Å². The summed E-state index contributed by atoms with van der Waals surface area (Å²) in [6.45, 7) is 5.07. The molecule has 0 aromatic rings. The lowest BCUT2D eigenvalue weighted by Gasteiger charge is -2.08. The minimum atomic E-state index is -0.922. The van der Waals surface area contributed by atoms with Crippen molar-refractivity contribution in [2.24, 2.45) is 5.92 Å². The number of hydrogen-bond donors (Lipinski definition) is 3. The predicted molar refractivity (Wildman–Crippen MR) is 50.5 cm³/mol. The fraction of sp³-hybridized carbons (Fsp3) is 0.667. The van der Waals surface area contributed by atoms with E-state index in [1.165, 1.54) is 6.08 Å². The minimum absolute atomic E-state index is 0.148. The molecule has 0 radical (unpaired) electrons. The number of carboxylic acids is 1. The van der Waals surface area contributed by atoms with Crippen molar-refractivity contribution in [1.82, 2.24) is 5.32 Å². The molecular weight excluding hydrogens is 170 g/mol. The smallest absolute Gasteiger partial charge is 0.328 e. The van der Waals surface area contributed by atoms with Gasteiger partial charge in [-0.15, -0.1) is 0 Å². The lowest BCUT2D eigenvalue weighted by atomic mass is 10.2. The molecule has 0 saturated heterocycles. The number of rotatable bonds is 6. The third kappa shape index (κ3) is 7.49. The Balaban J connectivity index is 3.59. The average molecular weight is 187 g/mol. The van der Waals surface area contributed by atoms with Crippen LogP contribution in [0.3, 0.4) is 0 Å². The van der Waals surface area contributed by atoms with Crippen molar-refractivity contribution in [3.05, 3.63) is 11.6 Å². The normalized spacial score (nSPS) is 14.2. The van der Waals surface area contributed by atoms with Crippen molar-refractivity contribution in [3.8, 4) is 0 Å². The van der Waals surface area contributed by atoms with Crippen molar-refractivity contribution in [2.75, 3.05) is 19.7 Å². The third-order valence-corrected chi connectivity index (χ3v) is 1.58. The van der Waals surface area contributed by atoms with Crippen LogP contribution in [0.5, 0.6) is 0 Å². The zero-order valence-corrected chi connectivity index (χ0v) is 8.08. The number of hydrogen-bond acceptors (Lipinski definition) is 3. The number of carboxylic acid groups (broad SMARTS) is 1. The minimum Gasteiger partial charge on any atom is -0.478 e. The van der Waals surface area contributed by atoms with Crippen LogP contribution in [0.4, 0.5) is 0 Å². The Morgan fingerprint density at radius 2 is 2.23 bits per heavy atom. The van der Waals surface area contributed by atoms with Crippen molar-refractivity contribution in [1.29, 1.82) is 0 Å². The van der Waals surface area contributed by atoms with Crippen LogP contribution in [0.15, 0.2) is 11.6 Å². The fourth-order valence-corrected chi connectivity index (χ4v) is 0.842. The van der Waals surface area contributed by atoms with Gasteiger partial charge in [0.1, 0.15) is 0 Å². The highest BCUT2D eigenvalue weighted by Crippen LogP contribution is 1.92. The Bertz CT molecular complexity index is 189. The Kier molecular flexibility index (Phi) is 6.18. The lowest BCUT2D eigenvalue weighted by Crippen LogP contribution is -2.24. The van der Waals surface area contributed by atoms with E-state index in [1.54, 1.807) is 6.92 Å². The van der Waals surface area contributed by atoms with E-state index in [0.29, 0.717) is 13.1 Å². The largest absolute Gasteiger partial charge is 0.478 e. The molecule has 0 bridgehead atoms. The van der Waals surface area contributed by atoms with Gasteiger partial charge in [0.05, 0.1) is 0 Å². The molecule has 0 fully saturated rings. The highest BCUT2D eigenvalue weighted by molar-refractivity contribution is 5.80. The summed E-state index contributed by atoms with van der Waals surface area (Å²) < 4.78 is 0. The van der Waals surface area contributed by atoms with Gasteiger partial charge in [0, 0.05) is 25.8 Å². The Hall–Kier alpha value is -0.870. The first-order chi connectivity index (χ1) is 6.06. The first kappa shape index (κ1) is 12.1. The molecule has 4 nitrogen and oxygen atoms in total. The second kappa shape index (κ2) is 6.62. The molecule has 76 valence electrons. The summed E-state index contributed by atoms with van der Waals surface area (Å²) in [5.41, 5.74) is 0.776. The van der Waals surface area contributed by atoms with E-state index in [-0.39, 0.29) is 12.5 Å². The molecule has 0 saturated carbocycles. The molecule has 0 aliphatic heterocycles. The van der Waals surface area contributed by atoms with Crippen LogP contribution in [-0.4, -0.2) is 35.9 Å². The van der Waals surface area contributed by atoms with Crippen LogP contribution >= 0.6 is 0 Å². The number of aliphatic hydroxyl groups excluding tert-OH is 1. The number of carbonyl (C=O) groups is 1. The van der Waals surface area contributed by atoms with Crippen LogP contribution in [0.2, 0.25) is 0 Å². The standard InChI is InChI=1S/C9H17NO3/c1-7(3-9(12)13)4-10-5-8(2)6-11/h3,8,10-11H,4-6H2,1-2H3,(H,12,13). The average Bonchev–Trinajstić information content (AvgIpc) is 2.02. The molecule has 0 heterocycles. The van der Waals surface area contributed by atoms with E-state index in [2.05, 4.69) is 5.32 Å². The van der Waals surface area contributed by atoms with Gasteiger partial charge in [-0.1, -0.05) is 12.5 Å². The molecule has 3 N–H and O–H groups in total. The third-order valence-electron chi connectivity index (χ3n) is 1.58. The molecule has 0 spiro atoms. The Morgan fingerprint density at radius 3 is 2.69 bits per heavy atom. The summed E-state index contributed by atoms with van der Waals surface area (Å²) >= 11 is 0. The molecule has 0 aliphatic carbocycles. The van der Waals surface area contributed by atoms with E-state index >= 15 is 0 Å². The van der Waals surface area contributed by atoms with Gasteiger partial charge in [0.2, 0.25) is 0 Å². The van der Waals surface area contributed by atoms with E-state index in [4.69, 9.17) is 10.2 Å². The molecule has 0 rings (SSSR count). The molecule has 13 heavy (non-hydrogen) atoms. The van der Waals surface area contributed by atoms with Gasteiger partial charge in [-0.25, -0.2) is 4.79 Å². The molecular formula is C9H17NO3. The Labute approximate surface area is 78.3 Å². The van der Waals surface area contributed by atoms with Crippen LogP contribution in [0.25, 0.3) is 0 Å². The predicted octanol–water partition coefficient (Wildman–Crippen LogP) is 0.235. The van der Waals surface area contributed by atoms with Crippen molar-refractivity contribution in [3.63, 3.8) is 0 Å². The van der Waals surface area contributed by atoms with Crippen molar-refractivity contribution in [2.45, 2.75) is 13.8 Å². The number of nitrogens with one attached hydrogen (secondary N) is 1. The summed E-state index contributed by atoms with van der Waals surface area (Å²) in [5, 5.41) is 20.1.